The number of rotatable bonds is 4. The summed E-state index contributed by atoms with van der Waals surface area (Å²) in [7, 11) is 0. The zero-order chi connectivity index (χ0) is 21.1. The minimum Gasteiger partial charge on any atom is -0.356 e. The normalized spacial score (nSPS) is 16.5. The van der Waals surface area contributed by atoms with Gasteiger partial charge in [0.05, 0.1) is 21.8 Å². The molecule has 2 heterocycles. The molecule has 1 saturated heterocycles. The predicted octanol–water partition coefficient (Wildman–Crippen LogP) is 4.48. The van der Waals surface area contributed by atoms with Gasteiger partial charge in [-0.05, 0) is 50.1 Å². The lowest BCUT2D eigenvalue weighted by atomic mass is 9.97. The molecule has 1 atom stereocenters. The fraction of sp³-hybridized carbons (Fsp3) is 0.318. The highest BCUT2D eigenvalue weighted by molar-refractivity contribution is 7.21. The third kappa shape index (κ3) is 4.28. The van der Waals surface area contributed by atoms with Crippen LogP contribution in [-0.2, 0) is 4.79 Å². The fourth-order valence-corrected chi connectivity index (χ4v) is 4.67. The maximum absolute atomic E-state index is 14.0. The van der Waals surface area contributed by atoms with Gasteiger partial charge in [-0.15, -0.1) is 11.3 Å². The number of nitrogens with one attached hydrogen (secondary N) is 2. The predicted molar refractivity (Wildman–Crippen MR) is 117 cm³/mol. The number of nitrogens with zero attached hydrogens (tertiary/aromatic N) is 2. The highest BCUT2D eigenvalue weighted by atomic mass is 32.1. The Bertz CT molecular complexity index is 1050. The molecule has 6 nitrogen and oxygen atoms in total. The molecule has 3 aromatic rings. The van der Waals surface area contributed by atoms with Gasteiger partial charge in [-0.3, -0.25) is 4.79 Å². The van der Waals surface area contributed by atoms with E-state index in [1.807, 2.05) is 31.2 Å². The number of piperidine rings is 1. The number of carbonyl (C=O) groups is 2. The minimum atomic E-state index is -0.392. The van der Waals surface area contributed by atoms with Gasteiger partial charge < -0.3 is 15.5 Å². The molecule has 8 heteroatoms. The quantitative estimate of drug-likeness (QED) is 0.646. The first kappa shape index (κ1) is 20.3. The van der Waals surface area contributed by atoms with E-state index >= 15 is 0 Å². The number of thiazole rings is 1. The van der Waals surface area contributed by atoms with Crippen molar-refractivity contribution >= 4 is 39.2 Å². The van der Waals surface area contributed by atoms with Crippen LogP contribution in [0.15, 0.2) is 42.5 Å². The number of anilines is 1. The summed E-state index contributed by atoms with van der Waals surface area (Å²) in [6.07, 6.45) is 1.53. The van der Waals surface area contributed by atoms with Gasteiger partial charge in [0, 0.05) is 25.2 Å². The molecule has 0 bridgehead atoms. The van der Waals surface area contributed by atoms with Crippen LogP contribution in [0.3, 0.4) is 0 Å². The van der Waals surface area contributed by atoms with Crippen LogP contribution in [-0.4, -0.2) is 41.5 Å². The van der Waals surface area contributed by atoms with Crippen LogP contribution in [0.2, 0.25) is 0 Å². The summed E-state index contributed by atoms with van der Waals surface area (Å²) in [5, 5.41) is 6.37. The highest BCUT2D eigenvalue weighted by Crippen LogP contribution is 2.35. The van der Waals surface area contributed by atoms with Crippen molar-refractivity contribution in [1.82, 2.24) is 15.2 Å². The number of likely N-dealkylation sites (tertiary alicyclic amines) is 1. The van der Waals surface area contributed by atoms with Crippen LogP contribution < -0.4 is 10.6 Å². The maximum atomic E-state index is 14.0. The number of amides is 3. The molecule has 30 heavy (non-hydrogen) atoms. The van der Waals surface area contributed by atoms with Crippen molar-refractivity contribution in [2.24, 2.45) is 5.92 Å². The Hall–Kier alpha value is -3.00. The molecule has 1 aliphatic rings. The molecule has 2 N–H and O–H groups in total. The average Bonchev–Trinajstić information content (AvgIpc) is 3.19. The first-order valence-corrected chi connectivity index (χ1v) is 10.9. The van der Waals surface area contributed by atoms with E-state index in [1.54, 1.807) is 11.0 Å². The Balaban J connectivity index is 1.56. The molecule has 156 valence electrons. The number of hydrogen-bond donors (Lipinski definition) is 2. The summed E-state index contributed by atoms with van der Waals surface area (Å²) in [4.78, 5) is 31.3. The van der Waals surface area contributed by atoms with E-state index in [-0.39, 0.29) is 17.9 Å². The SMILES string of the molecule is CCNC(=O)C1CCCN(C(=O)Nc2ccc(F)cc2-c2nc3ccccc3s2)C1. The molecule has 1 aliphatic heterocycles. The van der Waals surface area contributed by atoms with Crippen LogP contribution >= 0.6 is 11.3 Å². The van der Waals surface area contributed by atoms with Crippen molar-refractivity contribution in [3.8, 4) is 10.6 Å². The summed E-state index contributed by atoms with van der Waals surface area (Å²) in [6, 6.07) is 11.7. The maximum Gasteiger partial charge on any atom is 0.321 e. The largest absolute Gasteiger partial charge is 0.356 e. The van der Waals surface area contributed by atoms with Gasteiger partial charge in [-0.2, -0.15) is 0 Å². The van der Waals surface area contributed by atoms with E-state index in [0.29, 0.717) is 35.9 Å². The number of carbonyl (C=O) groups excluding carboxylic acids is 2. The smallest absolute Gasteiger partial charge is 0.321 e. The number of hydrogen-bond acceptors (Lipinski definition) is 4. The average molecular weight is 427 g/mol. The second-order valence-electron chi connectivity index (χ2n) is 7.29. The van der Waals surface area contributed by atoms with Crippen molar-refractivity contribution < 1.29 is 14.0 Å². The van der Waals surface area contributed by atoms with Crippen molar-refractivity contribution in [3.63, 3.8) is 0 Å². The fourth-order valence-electron chi connectivity index (χ4n) is 3.68. The monoisotopic (exact) mass is 426 g/mol. The molecule has 1 aromatic heterocycles. The van der Waals surface area contributed by atoms with Crippen LogP contribution in [0.25, 0.3) is 20.8 Å². The Morgan fingerprint density at radius 3 is 2.90 bits per heavy atom. The number of halogens is 1. The Morgan fingerprint density at radius 2 is 2.10 bits per heavy atom. The van der Waals surface area contributed by atoms with Gasteiger partial charge in [0.15, 0.2) is 0 Å². The van der Waals surface area contributed by atoms with E-state index in [0.717, 1.165) is 23.1 Å². The zero-order valence-corrected chi connectivity index (χ0v) is 17.5. The summed E-state index contributed by atoms with van der Waals surface area (Å²) in [6.45, 7) is 3.40. The molecule has 1 unspecified atom stereocenters. The van der Waals surface area contributed by atoms with Crippen molar-refractivity contribution in [2.75, 3.05) is 25.0 Å². The van der Waals surface area contributed by atoms with Gasteiger partial charge in [-0.25, -0.2) is 14.2 Å². The van der Waals surface area contributed by atoms with Gasteiger partial charge in [0.25, 0.3) is 0 Å². The number of aromatic nitrogens is 1. The molecule has 0 aliphatic carbocycles. The summed E-state index contributed by atoms with van der Waals surface area (Å²) in [5.41, 5.74) is 1.88. The second-order valence-corrected chi connectivity index (χ2v) is 8.32. The Morgan fingerprint density at radius 1 is 1.27 bits per heavy atom. The standard InChI is InChI=1S/C22H23FN4O2S/c1-2-24-20(28)14-6-5-11-27(13-14)22(29)26-17-10-9-15(23)12-16(17)21-25-18-7-3-4-8-19(18)30-21/h3-4,7-10,12,14H,2,5-6,11,13H2,1H3,(H,24,28)(H,26,29). The van der Waals surface area contributed by atoms with Crippen LogP contribution in [0, 0.1) is 11.7 Å². The molecular formula is C22H23FN4O2S. The molecule has 4 rings (SSSR count). The third-order valence-electron chi connectivity index (χ3n) is 5.18. The Labute approximate surface area is 178 Å². The van der Waals surface area contributed by atoms with E-state index in [1.165, 1.54) is 23.5 Å². The molecule has 1 fully saturated rings. The topological polar surface area (TPSA) is 74.3 Å². The van der Waals surface area contributed by atoms with E-state index < -0.39 is 5.82 Å². The summed E-state index contributed by atoms with van der Waals surface area (Å²) in [5.74, 6) is -0.620. The third-order valence-corrected chi connectivity index (χ3v) is 6.25. The number of urea groups is 1. The molecule has 0 radical (unpaired) electrons. The molecular weight excluding hydrogens is 403 g/mol. The molecule has 3 amide bonds. The lowest BCUT2D eigenvalue weighted by molar-refractivity contribution is -0.126. The van der Waals surface area contributed by atoms with Crippen LogP contribution in [0.1, 0.15) is 19.8 Å². The van der Waals surface area contributed by atoms with Crippen molar-refractivity contribution in [1.29, 1.82) is 0 Å². The number of benzene rings is 2. The van der Waals surface area contributed by atoms with Crippen LogP contribution in [0.5, 0.6) is 0 Å². The van der Waals surface area contributed by atoms with E-state index in [9.17, 15) is 14.0 Å². The first-order valence-electron chi connectivity index (χ1n) is 10.0. The summed E-state index contributed by atoms with van der Waals surface area (Å²) >= 11 is 1.45. The molecule has 2 aromatic carbocycles. The summed E-state index contributed by atoms with van der Waals surface area (Å²) < 4.78 is 15.0. The van der Waals surface area contributed by atoms with Gasteiger partial charge in [0.1, 0.15) is 10.8 Å². The second kappa shape index (κ2) is 8.79. The Kier molecular flexibility index (Phi) is 5.94. The highest BCUT2D eigenvalue weighted by Gasteiger charge is 2.28. The number of fused-ring (bicyclic) bond motifs is 1. The number of para-hydroxylation sites is 1. The lowest BCUT2D eigenvalue weighted by Crippen LogP contribution is -2.46. The van der Waals surface area contributed by atoms with Crippen molar-refractivity contribution in [3.05, 3.63) is 48.3 Å². The molecule has 0 saturated carbocycles. The first-order chi connectivity index (χ1) is 14.5. The zero-order valence-electron chi connectivity index (χ0n) is 16.7. The molecule has 0 spiro atoms. The lowest BCUT2D eigenvalue weighted by Gasteiger charge is -2.32. The van der Waals surface area contributed by atoms with E-state index in [2.05, 4.69) is 15.6 Å². The van der Waals surface area contributed by atoms with Gasteiger partial charge >= 0.3 is 6.03 Å². The minimum absolute atomic E-state index is 0.0213. The van der Waals surface area contributed by atoms with E-state index in [4.69, 9.17) is 0 Å². The van der Waals surface area contributed by atoms with Gasteiger partial charge in [0.2, 0.25) is 5.91 Å². The van der Waals surface area contributed by atoms with Crippen LogP contribution in [0.4, 0.5) is 14.9 Å². The van der Waals surface area contributed by atoms with Gasteiger partial charge in [-0.1, -0.05) is 12.1 Å². The van der Waals surface area contributed by atoms with Crippen molar-refractivity contribution in [2.45, 2.75) is 19.8 Å².